The third-order valence-electron chi connectivity index (χ3n) is 4.48. The summed E-state index contributed by atoms with van der Waals surface area (Å²) in [6.45, 7) is 0. The maximum Gasteiger partial charge on any atom is 0.184 e. The van der Waals surface area contributed by atoms with E-state index >= 15 is 0 Å². The Balaban J connectivity index is 1.62. The number of anilines is 1. The molecule has 6 heteroatoms. The number of phenolic OH excluding ortho intramolecular Hbond substituents is 1. The highest BCUT2D eigenvalue weighted by Crippen LogP contribution is 2.39. The molecule has 0 aliphatic carbocycles. The van der Waals surface area contributed by atoms with Crippen molar-refractivity contribution in [3.05, 3.63) is 82.7 Å². The first-order valence-electron chi connectivity index (χ1n) is 8.52. The summed E-state index contributed by atoms with van der Waals surface area (Å²) in [6, 6.07) is 19.8. The highest BCUT2D eigenvalue weighted by atomic mass is 32.1. The second-order valence-electron chi connectivity index (χ2n) is 6.16. The number of fused-ring (bicyclic) bond motifs is 2. The number of hydrogen-bond donors (Lipinski definition) is 2. The first kappa shape index (κ1) is 16.2. The quantitative estimate of drug-likeness (QED) is 0.407. The van der Waals surface area contributed by atoms with Gasteiger partial charge in [0.2, 0.25) is 0 Å². The fourth-order valence-corrected chi connectivity index (χ4v) is 4.88. The fourth-order valence-electron chi connectivity index (χ4n) is 3.19. The molecular weight excluding hydrogens is 374 g/mol. The van der Waals surface area contributed by atoms with Gasteiger partial charge in [-0.1, -0.05) is 47.7 Å². The number of rotatable bonds is 4. The summed E-state index contributed by atoms with van der Waals surface area (Å²) in [5.41, 5.74) is 2.38. The van der Waals surface area contributed by atoms with Crippen LogP contribution in [-0.2, 0) is 0 Å². The van der Waals surface area contributed by atoms with E-state index in [1.807, 2.05) is 53.9 Å². The Morgan fingerprint density at radius 1 is 0.963 bits per heavy atom. The molecule has 5 rings (SSSR count). The molecule has 1 atom stereocenters. The number of nitrogens with zero attached hydrogens (tertiary/aromatic N) is 2. The zero-order chi connectivity index (χ0) is 18.2. The number of para-hydroxylation sites is 1. The molecule has 0 aliphatic rings. The number of phenols is 1. The highest BCUT2D eigenvalue weighted by Gasteiger charge is 2.22. The van der Waals surface area contributed by atoms with E-state index in [4.69, 9.17) is 4.98 Å². The molecular formula is C21H15N3OS2. The van der Waals surface area contributed by atoms with Gasteiger partial charge in [0.05, 0.1) is 16.3 Å². The second kappa shape index (κ2) is 6.64. The molecule has 0 radical (unpaired) electrons. The normalized spacial score (nSPS) is 12.4. The van der Waals surface area contributed by atoms with Crippen LogP contribution >= 0.6 is 22.7 Å². The molecule has 0 spiro atoms. The average molecular weight is 390 g/mol. The number of thiazole rings is 1. The largest absolute Gasteiger partial charge is 0.505 e. The van der Waals surface area contributed by atoms with Gasteiger partial charge in [-0.3, -0.25) is 4.98 Å². The molecule has 132 valence electrons. The van der Waals surface area contributed by atoms with E-state index in [-0.39, 0.29) is 11.8 Å². The third kappa shape index (κ3) is 2.93. The summed E-state index contributed by atoms with van der Waals surface area (Å²) in [6.07, 6.45) is 1.70. The van der Waals surface area contributed by atoms with E-state index in [0.717, 1.165) is 31.2 Å². The molecule has 0 saturated heterocycles. The Labute approximate surface area is 163 Å². The van der Waals surface area contributed by atoms with Gasteiger partial charge in [0.15, 0.2) is 5.13 Å². The number of hydrogen-bond acceptors (Lipinski definition) is 6. The minimum atomic E-state index is -0.197. The lowest BCUT2D eigenvalue weighted by Crippen LogP contribution is -2.11. The van der Waals surface area contributed by atoms with Crippen LogP contribution in [0.4, 0.5) is 5.13 Å². The van der Waals surface area contributed by atoms with E-state index in [1.54, 1.807) is 28.9 Å². The van der Waals surface area contributed by atoms with Gasteiger partial charge in [0, 0.05) is 22.0 Å². The van der Waals surface area contributed by atoms with Crippen molar-refractivity contribution < 1.29 is 5.11 Å². The predicted molar refractivity (Wildman–Crippen MR) is 113 cm³/mol. The van der Waals surface area contributed by atoms with Crippen LogP contribution in [0.3, 0.4) is 0 Å². The summed E-state index contributed by atoms with van der Waals surface area (Å²) in [5, 5.41) is 18.2. The van der Waals surface area contributed by atoms with Crippen molar-refractivity contribution in [2.24, 2.45) is 0 Å². The number of pyridine rings is 1. The maximum absolute atomic E-state index is 10.9. The molecule has 0 fully saturated rings. The molecule has 2 aromatic carbocycles. The van der Waals surface area contributed by atoms with Crippen LogP contribution in [0.25, 0.3) is 21.1 Å². The van der Waals surface area contributed by atoms with E-state index < -0.39 is 0 Å². The molecule has 0 amide bonds. The lowest BCUT2D eigenvalue weighted by atomic mass is 10.0. The molecule has 0 saturated carbocycles. The van der Waals surface area contributed by atoms with E-state index in [9.17, 15) is 5.11 Å². The molecule has 2 N–H and O–H groups in total. The van der Waals surface area contributed by atoms with Crippen LogP contribution in [0.15, 0.2) is 72.2 Å². The first-order valence-corrected chi connectivity index (χ1v) is 10.2. The topological polar surface area (TPSA) is 58.0 Å². The Morgan fingerprint density at radius 2 is 1.89 bits per heavy atom. The van der Waals surface area contributed by atoms with E-state index in [2.05, 4.69) is 22.4 Å². The van der Waals surface area contributed by atoms with E-state index in [0.29, 0.717) is 5.52 Å². The van der Waals surface area contributed by atoms with Crippen LogP contribution in [0.2, 0.25) is 0 Å². The standard InChI is InChI=1S/C21H15N3OS2/c25-20-14(10-9-13-5-3-11-22-18(13)20)19(17-8-4-12-26-17)24-21-23-15-6-1-2-7-16(15)27-21/h1-12,19,25H,(H,23,24)/t19-/m1/s1. The zero-order valence-corrected chi connectivity index (χ0v) is 15.8. The average Bonchev–Trinajstić information content (AvgIpc) is 3.36. The molecule has 27 heavy (non-hydrogen) atoms. The van der Waals surface area contributed by atoms with Gasteiger partial charge >= 0.3 is 0 Å². The molecule has 0 unspecified atom stereocenters. The first-order chi connectivity index (χ1) is 13.3. The van der Waals surface area contributed by atoms with Gasteiger partial charge in [-0.05, 0) is 29.6 Å². The summed E-state index contributed by atoms with van der Waals surface area (Å²) < 4.78 is 1.13. The van der Waals surface area contributed by atoms with Gasteiger partial charge < -0.3 is 10.4 Å². The number of benzene rings is 2. The second-order valence-corrected chi connectivity index (χ2v) is 8.17. The van der Waals surface area contributed by atoms with Gasteiger partial charge in [0.25, 0.3) is 0 Å². The number of nitrogens with one attached hydrogen (secondary N) is 1. The lowest BCUT2D eigenvalue weighted by molar-refractivity contribution is 0.472. The highest BCUT2D eigenvalue weighted by molar-refractivity contribution is 7.22. The van der Waals surface area contributed by atoms with Crippen molar-refractivity contribution in [3.63, 3.8) is 0 Å². The van der Waals surface area contributed by atoms with Crippen LogP contribution in [0.5, 0.6) is 5.75 Å². The van der Waals surface area contributed by atoms with Gasteiger partial charge in [-0.15, -0.1) is 11.3 Å². The monoisotopic (exact) mass is 389 g/mol. The SMILES string of the molecule is Oc1c([C@@H](Nc2nc3ccccc3s2)c2cccs2)ccc2cccnc12. The Hall–Kier alpha value is -2.96. The van der Waals surface area contributed by atoms with Crippen molar-refractivity contribution in [2.75, 3.05) is 5.32 Å². The lowest BCUT2D eigenvalue weighted by Gasteiger charge is -2.19. The van der Waals surface area contributed by atoms with E-state index in [1.165, 1.54) is 0 Å². The van der Waals surface area contributed by atoms with Gasteiger partial charge in [-0.2, -0.15) is 0 Å². The number of aromatic hydroxyl groups is 1. The molecule has 0 aliphatic heterocycles. The van der Waals surface area contributed by atoms with Crippen LogP contribution in [-0.4, -0.2) is 15.1 Å². The number of thiophene rings is 1. The molecule has 5 aromatic rings. The summed E-state index contributed by atoms with van der Waals surface area (Å²) in [4.78, 5) is 10.2. The smallest absolute Gasteiger partial charge is 0.184 e. The maximum atomic E-state index is 10.9. The van der Waals surface area contributed by atoms with Crippen molar-refractivity contribution in [3.8, 4) is 5.75 Å². The Bertz CT molecular complexity index is 1200. The van der Waals surface area contributed by atoms with Crippen LogP contribution in [0, 0.1) is 0 Å². The minimum Gasteiger partial charge on any atom is -0.505 e. The third-order valence-corrected chi connectivity index (χ3v) is 6.38. The molecule has 4 nitrogen and oxygen atoms in total. The van der Waals surface area contributed by atoms with Crippen molar-refractivity contribution >= 4 is 48.9 Å². The van der Waals surface area contributed by atoms with Crippen molar-refractivity contribution in [2.45, 2.75) is 6.04 Å². The van der Waals surface area contributed by atoms with Crippen LogP contribution in [0.1, 0.15) is 16.5 Å². The zero-order valence-electron chi connectivity index (χ0n) is 14.2. The fraction of sp³-hybridized carbons (Fsp3) is 0.0476. The Morgan fingerprint density at radius 3 is 2.74 bits per heavy atom. The minimum absolute atomic E-state index is 0.197. The van der Waals surface area contributed by atoms with Gasteiger partial charge in [-0.25, -0.2) is 4.98 Å². The molecule has 0 bridgehead atoms. The summed E-state index contributed by atoms with van der Waals surface area (Å²) in [5.74, 6) is 0.208. The van der Waals surface area contributed by atoms with Crippen LogP contribution < -0.4 is 5.32 Å². The summed E-state index contributed by atoms with van der Waals surface area (Å²) >= 11 is 3.26. The Kier molecular flexibility index (Phi) is 3.99. The number of aromatic nitrogens is 2. The molecule has 3 aromatic heterocycles. The van der Waals surface area contributed by atoms with Crippen molar-refractivity contribution in [1.82, 2.24) is 9.97 Å². The van der Waals surface area contributed by atoms with Crippen molar-refractivity contribution in [1.29, 1.82) is 0 Å². The molecule has 3 heterocycles. The van der Waals surface area contributed by atoms with Gasteiger partial charge in [0.1, 0.15) is 11.3 Å². The summed E-state index contributed by atoms with van der Waals surface area (Å²) in [7, 11) is 0. The predicted octanol–water partition coefficient (Wildman–Crippen LogP) is 5.81.